The number of nitrogens with one attached hydrogen (secondary N) is 3. The zero-order valence-electron chi connectivity index (χ0n) is 13.1. The van der Waals surface area contributed by atoms with Crippen molar-refractivity contribution in [3.8, 4) is 0 Å². The lowest BCUT2D eigenvalue weighted by molar-refractivity contribution is -0.120. The van der Waals surface area contributed by atoms with E-state index in [0.29, 0.717) is 5.11 Å². The van der Waals surface area contributed by atoms with Gasteiger partial charge in [-0.05, 0) is 59.0 Å². The number of benzene rings is 1. The quantitative estimate of drug-likeness (QED) is 0.453. The first-order chi connectivity index (χ1) is 9.67. The van der Waals surface area contributed by atoms with E-state index in [-0.39, 0.29) is 16.7 Å². The maximum atomic E-state index is 12.0. The molecule has 0 aliphatic carbocycles. The highest BCUT2D eigenvalue weighted by Crippen LogP contribution is 2.23. The van der Waals surface area contributed by atoms with Crippen molar-refractivity contribution in [2.24, 2.45) is 0 Å². The third-order valence-electron chi connectivity index (χ3n) is 2.49. The van der Waals surface area contributed by atoms with Gasteiger partial charge in [0.1, 0.15) is 0 Å². The van der Waals surface area contributed by atoms with Gasteiger partial charge in [0.2, 0.25) is 0 Å². The van der Waals surface area contributed by atoms with Gasteiger partial charge in [0.05, 0.1) is 5.25 Å². The molecule has 0 aliphatic rings. The van der Waals surface area contributed by atoms with Crippen molar-refractivity contribution in [3.05, 3.63) is 29.8 Å². The number of hydrogen-bond donors (Lipinski definition) is 3. The summed E-state index contributed by atoms with van der Waals surface area (Å²) in [4.78, 5) is 13.1. The van der Waals surface area contributed by atoms with E-state index in [1.165, 1.54) is 17.3 Å². The van der Waals surface area contributed by atoms with Crippen LogP contribution in [0.1, 0.15) is 33.3 Å². The number of amides is 1. The fourth-order valence-corrected chi connectivity index (χ4v) is 2.69. The van der Waals surface area contributed by atoms with Crippen LogP contribution in [0.5, 0.6) is 0 Å². The molecular formula is C15H23N3OS2. The molecule has 0 heterocycles. The largest absolute Gasteiger partial charge is 0.357 e. The second-order valence-corrected chi connectivity index (χ2v) is 7.71. The van der Waals surface area contributed by atoms with Crippen LogP contribution in [0.25, 0.3) is 0 Å². The van der Waals surface area contributed by atoms with Gasteiger partial charge in [-0.25, -0.2) is 0 Å². The van der Waals surface area contributed by atoms with E-state index in [2.05, 4.69) is 16.2 Å². The molecule has 0 unspecified atom stereocenters. The Morgan fingerprint density at radius 1 is 1.19 bits per heavy atom. The van der Waals surface area contributed by atoms with Gasteiger partial charge in [-0.15, -0.1) is 11.8 Å². The summed E-state index contributed by atoms with van der Waals surface area (Å²) in [6.45, 7) is 9.90. The lowest BCUT2D eigenvalue weighted by atomic mass is 10.1. The highest BCUT2D eigenvalue weighted by Gasteiger charge is 2.15. The molecule has 21 heavy (non-hydrogen) atoms. The number of hydrogen-bond acceptors (Lipinski definition) is 3. The Bertz CT molecular complexity index is 495. The second-order valence-electron chi connectivity index (χ2n) is 5.89. The van der Waals surface area contributed by atoms with Crippen LogP contribution in [-0.2, 0) is 4.79 Å². The van der Waals surface area contributed by atoms with Gasteiger partial charge < -0.3 is 5.32 Å². The lowest BCUT2D eigenvalue weighted by Crippen LogP contribution is -2.53. The van der Waals surface area contributed by atoms with Crippen molar-refractivity contribution in [1.82, 2.24) is 16.2 Å². The molecule has 0 spiro atoms. The van der Waals surface area contributed by atoms with Crippen molar-refractivity contribution in [1.29, 1.82) is 0 Å². The number of rotatable bonds is 3. The Balaban J connectivity index is 2.41. The normalized spacial score (nSPS) is 12.4. The van der Waals surface area contributed by atoms with Crippen molar-refractivity contribution in [3.63, 3.8) is 0 Å². The summed E-state index contributed by atoms with van der Waals surface area (Å²) in [6.07, 6.45) is 0. The smallest absolute Gasteiger partial charge is 0.251 e. The first-order valence-electron chi connectivity index (χ1n) is 6.79. The molecule has 1 amide bonds. The molecule has 0 aromatic heterocycles. The number of aryl methyl sites for hydroxylation is 1. The average molecular weight is 326 g/mol. The third-order valence-corrected chi connectivity index (χ3v) is 3.81. The van der Waals surface area contributed by atoms with E-state index < -0.39 is 0 Å². The summed E-state index contributed by atoms with van der Waals surface area (Å²) in [7, 11) is 0. The zero-order chi connectivity index (χ0) is 16.0. The fourth-order valence-electron chi connectivity index (χ4n) is 1.47. The molecular weight excluding hydrogens is 302 g/mol. The van der Waals surface area contributed by atoms with Crippen LogP contribution >= 0.6 is 24.0 Å². The van der Waals surface area contributed by atoms with E-state index >= 15 is 0 Å². The minimum Gasteiger partial charge on any atom is -0.357 e. The van der Waals surface area contributed by atoms with Gasteiger partial charge in [-0.1, -0.05) is 17.7 Å². The van der Waals surface area contributed by atoms with Crippen LogP contribution in [0.4, 0.5) is 0 Å². The van der Waals surface area contributed by atoms with Crippen LogP contribution in [-0.4, -0.2) is 21.8 Å². The topological polar surface area (TPSA) is 53.2 Å². The maximum absolute atomic E-state index is 12.0. The second kappa shape index (κ2) is 7.66. The molecule has 0 bridgehead atoms. The predicted molar refractivity (Wildman–Crippen MR) is 93.3 cm³/mol. The van der Waals surface area contributed by atoms with Gasteiger partial charge in [0.15, 0.2) is 5.11 Å². The number of carbonyl (C=O) groups excluding carboxylic acids is 1. The molecule has 1 aromatic rings. The van der Waals surface area contributed by atoms with Crippen LogP contribution in [0.15, 0.2) is 29.2 Å². The number of hydrazine groups is 1. The molecule has 116 valence electrons. The minimum atomic E-state index is -0.211. The molecule has 6 heteroatoms. The summed E-state index contributed by atoms with van der Waals surface area (Å²) < 4.78 is 0. The van der Waals surface area contributed by atoms with E-state index in [4.69, 9.17) is 12.2 Å². The third kappa shape index (κ3) is 7.34. The van der Waals surface area contributed by atoms with E-state index in [1.54, 1.807) is 0 Å². The van der Waals surface area contributed by atoms with Crippen LogP contribution in [0.3, 0.4) is 0 Å². The van der Waals surface area contributed by atoms with Gasteiger partial charge in [0.25, 0.3) is 5.91 Å². The summed E-state index contributed by atoms with van der Waals surface area (Å²) in [5.74, 6) is -0.112. The standard InChI is InChI=1S/C15H23N3OS2/c1-10-6-8-12(9-7-10)21-11(2)13(19)17-18-14(20)16-15(3,4)5/h6-9,11H,1-5H3,(H,17,19)(H2,16,18,20)/t11-/m1/s1. The highest BCUT2D eigenvalue weighted by atomic mass is 32.2. The Labute approximate surface area is 136 Å². The molecule has 1 rings (SSSR count). The molecule has 1 aromatic carbocycles. The van der Waals surface area contributed by atoms with E-state index in [1.807, 2.05) is 58.9 Å². The van der Waals surface area contributed by atoms with Gasteiger partial charge in [0, 0.05) is 10.4 Å². The monoisotopic (exact) mass is 325 g/mol. The molecule has 0 saturated heterocycles. The molecule has 4 nitrogen and oxygen atoms in total. The fraction of sp³-hybridized carbons (Fsp3) is 0.467. The van der Waals surface area contributed by atoms with E-state index in [9.17, 15) is 4.79 Å². The summed E-state index contributed by atoms with van der Waals surface area (Å²) >= 11 is 6.62. The predicted octanol–water partition coefficient (Wildman–Crippen LogP) is 2.77. The molecule has 0 saturated carbocycles. The molecule has 3 N–H and O–H groups in total. The molecule has 0 radical (unpaired) electrons. The van der Waals surface area contributed by atoms with Gasteiger partial charge in [-0.2, -0.15) is 0 Å². The average Bonchev–Trinajstić information content (AvgIpc) is 2.36. The number of thiocarbonyl (C=S) groups is 1. The molecule has 0 aliphatic heterocycles. The highest BCUT2D eigenvalue weighted by molar-refractivity contribution is 8.00. The minimum absolute atomic E-state index is 0.112. The zero-order valence-corrected chi connectivity index (χ0v) is 14.7. The van der Waals surface area contributed by atoms with Crippen LogP contribution in [0.2, 0.25) is 0 Å². The SMILES string of the molecule is Cc1ccc(S[C@H](C)C(=O)NNC(=S)NC(C)(C)C)cc1. The summed E-state index contributed by atoms with van der Waals surface area (Å²) in [6, 6.07) is 8.10. The number of carbonyl (C=O) groups is 1. The van der Waals surface area contributed by atoms with Crippen LogP contribution < -0.4 is 16.2 Å². The van der Waals surface area contributed by atoms with Gasteiger partial charge in [-0.3, -0.25) is 15.6 Å². The Morgan fingerprint density at radius 3 is 2.29 bits per heavy atom. The Hall–Kier alpha value is -1.27. The summed E-state index contributed by atoms with van der Waals surface area (Å²) in [5.41, 5.74) is 6.41. The maximum Gasteiger partial charge on any atom is 0.251 e. The molecule has 1 atom stereocenters. The van der Waals surface area contributed by atoms with Crippen LogP contribution in [0, 0.1) is 6.92 Å². The Kier molecular flexibility index (Phi) is 6.48. The Morgan fingerprint density at radius 2 is 1.76 bits per heavy atom. The van der Waals surface area contributed by atoms with Crippen molar-refractivity contribution in [2.75, 3.05) is 0 Å². The first kappa shape index (κ1) is 17.8. The number of thioether (sulfide) groups is 1. The van der Waals surface area contributed by atoms with Crippen molar-refractivity contribution < 1.29 is 4.79 Å². The van der Waals surface area contributed by atoms with E-state index in [0.717, 1.165) is 4.90 Å². The van der Waals surface area contributed by atoms with Crippen molar-refractivity contribution in [2.45, 2.75) is 50.3 Å². The summed E-state index contributed by atoms with van der Waals surface area (Å²) in [5, 5.41) is 3.26. The van der Waals surface area contributed by atoms with Crippen molar-refractivity contribution >= 4 is 35.0 Å². The first-order valence-corrected chi connectivity index (χ1v) is 8.07. The van der Waals surface area contributed by atoms with Gasteiger partial charge >= 0.3 is 0 Å². The molecule has 0 fully saturated rings. The lowest BCUT2D eigenvalue weighted by Gasteiger charge is -2.23.